The zero-order valence-corrected chi connectivity index (χ0v) is 34.1. The van der Waals surface area contributed by atoms with E-state index in [2.05, 4.69) is 43.9 Å². The number of methoxy groups -OCH3 is 1. The molecule has 2 saturated heterocycles. The highest BCUT2D eigenvalue weighted by Gasteiger charge is 2.44. The van der Waals surface area contributed by atoms with Crippen molar-refractivity contribution in [1.29, 1.82) is 0 Å². The molecular formula is C41H51N9O10. The summed E-state index contributed by atoms with van der Waals surface area (Å²) >= 11 is 0. The van der Waals surface area contributed by atoms with Crippen LogP contribution in [0.1, 0.15) is 72.1 Å². The van der Waals surface area contributed by atoms with Crippen LogP contribution in [0, 0.1) is 0 Å². The summed E-state index contributed by atoms with van der Waals surface area (Å²) in [6.07, 6.45) is 5.84. The van der Waals surface area contributed by atoms with Gasteiger partial charge in [-0.25, -0.2) is 15.0 Å². The number of nitrogens with one attached hydrogen (secondary N) is 2. The number of ether oxygens (including phenoxy) is 6. The zero-order chi connectivity index (χ0) is 42.0. The number of hydrogen-bond acceptors (Lipinski definition) is 16. The van der Waals surface area contributed by atoms with Crippen LogP contribution < -0.4 is 20.3 Å². The largest absolute Gasteiger partial charge is 0.491 e. The third kappa shape index (κ3) is 10.2. The van der Waals surface area contributed by atoms with Gasteiger partial charge in [-0.3, -0.25) is 29.4 Å². The molecule has 1 atom stereocenters. The summed E-state index contributed by atoms with van der Waals surface area (Å²) in [5.74, 6) is 0.969. The maximum absolute atomic E-state index is 13.0. The molecule has 0 spiro atoms. The molecule has 7 rings (SSSR count). The number of anilines is 3. The van der Waals surface area contributed by atoms with E-state index in [1.54, 1.807) is 25.6 Å². The Labute approximate surface area is 347 Å². The molecule has 4 aromatic rings. The van der Waals surface area contributed by atoms with Gasteiger partial charge in [0.1, 0.15) is 48.0 Å². The first kappa shape index (κ1) is 42.5. The lowest BCUT2D eigenvalue weighted by Gasteiger charge is -2.31. The average Bonchev–Trinajstić information content (AvgIpc) is 3.73. The first-order valence-electron chi connectivity index (χ1n) is 20.2. The molecule has 1 unspecified atom stereocenters. The van der Waals surface area contributed by atoms with Crippen molar-refractivity contribution in [2.24, 2.45) is 0 Å². The van der Waals surface area contributed by atoms with Crippen LogP contribution in [0.15, 0.2) is 42.7 Å². The molecule has 19 nitrogen and oxygen atoms in total. The lowest BCUT2D eigenvalue weighted by molar-refractivity contribution is -0.136. The van der Waals surface area contributed by atoms with E-state index < -0.39 is 29.7 Å². The van der Waals surface area contributed by atoms with Gasteiger partial charge in [-0.1, -0.05) is 0 Å². The van der Waals surface area contributed by atoms with Crippen LogP contribution >= 0.6 is 0 Å². The fraction of sp³-hybridized carbons (Fsp3) is 0.512. The average molecular weight is 830 g/mol. The number of fused-ring (bicyclic) bond motifs is 2. The Morgan fingerprint density at radius 2 is 1.50 bits per heavy atom. The van der Waals surface area contributed by atoms with Crippen molar-refractivity contribution in [3.05, 3.63) is 59.7 Å². The van der Waals surface area contributed by atoms with Crippen LogP contribution in [0.2, 0.25) is 0 Å². The summed E-state index contributed by atoms with van der Waals surface area (Å²) in [6.45, 7) is 9.03. The van der Waals surface area contributed by atoms with Crippen LogP contribution in [0.4, 0.5) is 17.6 Å². The number of benzene rings is 1. The maximum atomic E-state index is 13.0. The topological polar surface area (TPSA) is 211 Å². The molecule has 4 amide bonds. The number of piperidine rings is 2. The number of aromatic nitrogens is 5. The van der Waals surface area contributed by atoms with Crippen molar-refractivity contribution in [2.75, 3.05) is 83.3 Å². The minimum atomic E-state index is -1.02. The highest BCUT2D eigenvalue weighted by molar-refractivity contribution is 6.23. The van der Waals surface area contributed by atoms with E-state index in [1.807, 2.05) is 12.1 Å². The smallest absolute Gasteiger partial charge is 0.262 e. The summed E-state index contributed by atoms with van der Waals surface area (Å²) in [6, 6.07) is 7.50. The van der Waals surface area contributed by atoms with Gasteiger partial charge in [-0.05, 0) is 57.4 Å². The predicted octanol–water partition coefficient (Wildman–Crippen LogP) is 3.21. The van der Waals surface area contributed by atoms with Crippen LogP contribution in [0.25, 0.3) is 11.0 Å². The summed E-state index contributed by atoms with van der Waals surface area (Å²) in [5, 5.41) is 5.52. The number of pyridine rings is 1. The molecule has 3 aliphatic heterocycles. The van der Waals surface area contributed by atoms with E-state index in [1.165, 1.54) is 12.1 Å². The van der Waals surface area contributed by atoms with Crippen molar-refractivity contribution in [3.8, 4) is 5.75 Å². The van der Waals surface area contributed by atoms with Gasteiger partial charge in [-0.2, -0.15) is 4.98 Å². The number of imidazole rings is 1. The Bertz CT molecular complexity index is 2160. The second-order valence-electron chi connectivity index (χ2n) is 14.7. The number of hydrogen-bond donors (Lipinski definition) is 2. The molecule has 0 aliphatic carbocycles. The molecule has 0 radical (unpaired) electrons. The van der Waals surface area contributed by atoms with E-state index in [0.29, 0.717) is 69.6 Å². The Morgan fingerprint density at radius 1 is 0.800 bits per heavy atom. The second kappa shape index (κ2) is 20.1. The lowest BCUT2D eigenvalue weighted by Crippen LogP contribution is -2.54. The molecule has 6 heterocycles. The van der Waals surface area contributed by atoms with Crippen molar-refractivity contribution in [3.63, 3.8) is 0 Å². The van der Waals surface area contributed by atoms with Gasteiger partial charge in [-0.15, -0.1) is 0 Å². The Morgan fingerprint density at radius 3 is 2.20 bits per heavy atom. The third-order valence-corrected chi connectivity index (χ3v) is 10.4. The predicted molar refractivity (Wildman–Crippen MR) is 216 cm³/mol. The number of amides is 4. The number of carbonyl (C=O) groups is 4. The number of nitrogens with zero attached hydrogens (tertiary/aromatic N) is 7. The Hall–Kier alpha value is -5.60. The van der Waals surface area contributed by atoms with Crippen molar-refractivity contribution in [2.45, 2.75) is 64.3 Å². The summed E-state index contributed by atoms with van der Waals surface area (Å²) in [4.78, 5) is 71.4. The fourth-order valence-corrected chi connectivity index (χ4v) is 7.37. The minimum absolute atomic E-state index is 0.0584. The van der Waals surface area contributed by atoms with Crippen molar-refractivity contribution >= 4 is 52.2 Å². The molecule has 0 saturated carbocycles. The van der Waals surface area contributed by atoms with E-state index in [0.717, 1.165) is 47.7 Å². The highest BCUT2D eigenvalue weighted by atomic mass is 16.6. The van der Waals surface area contributed by atoms with Crippen molar-refractivity contribution < 1.29 is 47.6 Å². The van der Waals surface area contributed by atoms with Crippen LogP contribution in [-0.2, 0) is 39.9 Å². The molecule has 320 valence electrons. The molecular weight excluding hydrogens is 779 g/mol. The first-order valence-corrected chi connectivity index (χ1v) is 20.2. The lowest BCUT2D eigenvalue weighted by atomic mass is 10.0. The Kier molecular flexibility index (Phi) is 14.2. The Balaban J connectivity index is 0.754. The van der Waals surface area contributed by atoms with Gasteiger partial charge in [0.05, 0.1) is 75.2 Å². The monoisotopic (exact) mass is 829 g/mol. The van der Waals surface area contributed by atoms with Crippen LogP contribution in [0.5, 0.6) is 5.75 Å². The normalized spacial score (nSPS) is 17.2. The third-order valence-electron chi connectivity index (χ3n) is 10.4. The highest BCUT2D eigenvalue weighted by Crippen LogP contribution is 2.31. The standard InChI is InChI=1S/C41H51N9O10/c1-26(2)49-33-23-35(45-34-8-11-42-41(46-34)48-12-9-27(55-3)10-13-48)43-24-31(33)44-36(49)25-59-19-18-57-15-14-56-16-17-58-20-21-60-28-4-5-29-30(22-28)40(54)50(39(29)53)32-6-7-37(51)47-38(32)52/h4-5,8,11,22-24,26-27,32H,6-7,9-10,12-21,25H2,1-3H3,(H,47,51,52)(H,42,43,45,46). The molecule has 19 heteroatoms. The van der Waals surface area contributed by atoms with E-state index in [-0.39, 0.29) is 49.3 Å². The van der Waals surface area contributed by atoms with E-state index in [9.17, 15) is 19.2 Å². The van der Waals surface area contributed by atoms with Gasteiger partial charge < -0.3 is 43.2 Å². The summed E-state index contributed by atoms with van der Waals surface area (Å²) in [7, 11) is 1.76. The molecule has 0 bridgehead atoms. The molecule has 2 N–H and O–H groups in total. The summed E-state index contributed by atoms with van der Waals surface area (Å²) < 4.78 is 36.1. The van der Waals surface area contributed by atoms with E-state index in [4.69, 9.17) is 38.4 Å². The fourth-order valence-electron chi connectivity index (χ4n) is 7.37. The first-order chi connectivity index (χ1) is 29.2. The van der Waals surface area contributed by atoms with Crippen LogP contribution in [-0.4, -0.2) is 138 Å². The SMILES string of the molecule is COC1CCN(c2nccc(Nc3cc4c(cn3)nc(COCCOCCOCCOCCOc3ccc5c(c3)C(=O)N(C3CCC(=O)NC3=O)C5=O)n4C(C)C)n2)CC1. The number of imide groups is 2. The molecule has 3 aromatic heterocycles. The van der Waals surface area contributed by atoms with Gasteiger partial charge in [0.25, 0.3) is 11.8 Å². The van der Waals surface area contributed by atoms with E-state index >= 15 is 0 Å². The minimum Gasteiger partial charge on any atom is -0.491 e. The van der Waals surface area contributed by atoms with Gasteiger partial charge in [0, 0.05) is 44.9 Å². The van der Waals surface area contributed by atoms with Gasteiger partial charge in [0.2, 0.25) is 17.8 Å². The van der Waals surface area contributed by atoms with Gasteiger partial charge in [0.15, 0.2) is 0 Å². The molecule has 2 fully saturated rings. The van der Waals surface area contributed by atoms with Gasteiger partial charge >= 0.3 is 0 Å². The quantitative estimate of drug-likeness (QED) is 0.0912. The molecule has 60 heavy (non-hydrogen) atoms. The molecule has 3 aliphatic rings. The zero-order valence-electron chi connectivity index (χ0n) is 34.1. The molecule has 1 aromatic carbocycles. The number of carbonyl (C=O) groups excluding carboxylic acids is 4. The van der Waals surface area contributed by atoms with Crippen LogP contribution in [0.3, 0.4) is 0 Å². The summed E-state index contributed by atoms with van der Waals surface area (Å²) in [5.41, 5.74) is 2.07. The van der Waals surface area contributed by atoms with Crippen molar-refractivity contribution in [1.82, 2.24) is 34.7 Å². The number of rotatable bonds is 21. The second-order valence-corrected chi connectivity index (χ2v) is 14.7. The maximum Gasteiger partial charge on any atom is 0.262 e.